The van der Waals surface area contributed by atoms with E-state index < -0.39 is 0 Å². The van der Waals surface area contributed by atoms with Gasteiger partial charge in [0.05, 0.1) is 12.2 Å². The van der Waals surface area contributed by atoms with Crippen molar-refractivity contribution >= 4 is 5.91 Å². The van der Waals surface area contributed by atoms with Gasteiger partial charge >= 0.3 is 0 Å². The average molecular weight is 333 g/mol. The lowest BCUT2D eigenvalue weighted by Gasteiger charge is -2.27. The van der Waals surface area contributed by atoms with Gasteiger partial charge in [0.25, 0.3) is 0 Å². The molecule has 1 saturated carbocycles. The van der Waals surface area contributed by atoms with Crippen LogP contribution in [0, 0.1) is 5.92 Å². The minimum Gasteiger partial charge on any atom is -0.393 e. The molecule has 2 atom stereocenters. The van der Waals surface area contributed by atoms with E-state index in [2.05, 4.69) is 17.4 Å². The largest absolute Gasteiger partial charge is 0.393 e. The Hall–Kier alpha value is -1.39. The molecule has 0 saturated heterocycles. The van der Waals surface area contributed by atoms with Crippen molar-refractivity contribution in [3.05, 3.63) is 35.9 Å². The van der Waals surface area contributed by atoms with Crippen LogP contribution < -0.4 is 5.32 Å². The summed E-state index contributed by atoms with van der Waals surface area (Å²) in [5, 5.41) is 12.8. The third kappa shape index (κ3) is 6.25. The maximum atomic E-state index is 12.3. The van der Waals surface area contributed by atoms with Gasteiger partial charge < -0.3 is 15.2 Å². The molecule has 1 fully saturated rings. The minimum absolute atomic E-state index is 0.127. The Kier molecular flexibility index (Phi) is 7.73. The van der Waals surface area contributed by atoms with Crippen molar-refractivity contribution in [1.29, 1.82) is 0 Å². The summed E-state index contributed by atoms with van der Waals surface area (Å²) in [5.74, 6) is 0.755. The number of carbonyl (C=O) groups excluding carboxylic acids is 1. The summed E-state index contributed by atoms with van der Waals surface area (Å²) in [6, 6.07) is 10.1. The highest BCUT2D eigenvalue weighted by Crippen LogP contribution is 2.28. The Morgan fingerprint density at radius 1 is 1.25 bits per heavy atom. The second-order valence-corrected chi connectivity index (χ2v) is 7.08. The van der Waals surface area contributed by atoms with Gasteiger partial charge in [0.2, 0.25) is 5.91 Å². The molecule has 0 radical (unpaired) electrons. The zero-order chi connectivity index (χ0) is 17.4. The second kappa shape index (κ2) is 9.80. The van der Waals surface area contributed by atoms with Crippen molar-refractivity contribution in [2.24, 2.45) is 5.92 Å². The molecule has 134 valence electrons. The Balaban J connectivity index is 1.80. The van der Waals surface area contributed by atoms with Crippen molar-refractivity contribution in [3.63, 3.8) is 0 Å². The van der Waals surface area contributed by atoms with E-state index >= 15 is 0 Å². The Morgan fingerprint density at radius 2 is 1.92 bits per heavy atom. The van der Waals surface area contributed by atoms with Gasteiger partial charge in [-0.25, -0.2) is 0 Å². The van der Waals surface area contributed by atoms with Gasteiger partial charge in [-0.05, 0) is 50.5 Å². The zero-order valence-electron chi connectivity index (χ0n) is 14.9. The van der Waals surface area contributed by atoms with Crippen molar-refractivity contribution in [2.45, 2.75) is 63.6 Å². The first kappa shape index (κ1) is 18.9. The van der Waals surface area contributed by atoms with Gasteiger partial charge in [0, 0.05) is 26.0 Å². The molecule has 2 rings (SSSR count). The molecule has 1 aromatic rings. The Morgan fingerprint density at radius 3 is 2.50 bits per heavy atom. The molecule has 0 heterocycles. The number of ether oxygens (including phenoxy) is 1. The van der Waals surface area contributed by atoms with Crippen molar-refractivity contribution in [2.75, 3.05) is 13.7 Å². The monoisotopic (exact) mass is 333 g/mol. The number of aliphatic hydroxyl groups excluding tert-OH is 1. The Bertz CT molecular complexity index is 481. The number of hydrogen-bond acceptors (Lipinski definition) is 3. The molecule has 0 bridgehead atoms. The normalized spacial score (nSPS) is 23.5. The van der Waals surface area contributed by atoms with Crippen LogP contribution in [0.2, 0.25) is 0 Å². The van der Waals surface area contributed by atoms with E-state index in [1.165, 1.54) is 5.56 Å². The Labute approximate surface area is 145 Å². The van der Waals surface area contributed by atoms with Gasteiger partial charge in [0.15, 0.2) is 0 Å². The fourth-order valence-corrected chi connectivity index (χ4v) is 3.62. The molecule has 1 aromatic carbocycles. The molecular formula is C20H31NO3. The summed E-state index contributed by atoms with van der Waals surface area (Å²) in [7, 11) is 1.77. The highest BCUT2D eigenvalue weighted by Gasteiger charge is 2.23. The van der Waals surface area contributed by atoms with Gasteiger partial charge in [-0.15, -0.1) is 0 Å². The number of carbonyl (C=O) groups is 1. The van der Waals surface area contributed by atoms with Crippen LogP contribution in [0.15, 0.2) is 30.3 Å². The van der Waals surface area contributed by atoms with Crippen LogP contribution in [-0.2, 0) is 9.53 Å². The highest BCUT2D eigenvalue weighted by molar-refractivity contribution is 5.76. The summed E-state index contributed by atoms with van der Waals surface area (Å²) in [6.07, 6.45) is 5.51. The molecule has 0 spiro atoms. The summed E-state index contributed by atoms with van der Waals surface area (Å²) in [5.41, 5.74) is 1.17. The third-order valence-electron chi connectivity index (χ3n) is 5.04. The standard InChI is InChI=1S/C20H31NO3/c1-15(22)12-18(17-6-4-3-5-7-17)14-21-20(23)13-16-8-10-19(24-2)11-9-16/h3-7,15-16,18-19,22H,8-14H2,1-2H3,(H,21,23). The van der Waals surface area contributed by atoms with Crippen molar-refractivity contribution in [3.8, 4) is 0 Å². The molecule has 1 aliphatic carbocycles. The molecule has 1 amide bonds. The van der Waals surface area contributed by atoms with Gasteiger partial charge in [0.1, 0.15) is 0 Å². The number of benzene rings is 1. The maximum Gasteiger partial charge on any atom is 0.220 e. The zero-order valence-corrected chi connectivity index (χ0v) is 14.9. The molecule has 2 N–H and O–H groups in total. The smallest absolute Gasteiger partial charge is 0.220 e. The molecule has 0 aromatic heterocycles. The molecule has 1 aliphatic rings. The minimum atomic E-state index is -0.378. The first-order valence-corrected chi connectivity index (χ1v) is 9.11. The molecule has 0 aliphatic heterocycles. The van der Waals surface area contributed by atoms with Crippen LogP contribution >= 0.6 is 0 Å². The van der Waals surface area contributed by atoms with E-state index in [1.54, 1.807) is 14.0 Å². The van der Waals surface area contributed by atoms with Crippen LogP contribution in [-0.4, -0.2) is 36.9 Å². The van der Waals surface area contributed by atoms with Crippen LogP contribution in [0.1, 0.15) is 56.9 Å². The lowest BCUT2D eigenvalue weighted by molar-refractivity contribution is -0.122. The van der Waals surface area contributed by atoms with Gasteiger partial charge in [-0.3, -0.25) is 4.79 Å². The maximum absolute atomic E-state index is 12.3. The molecular weight excluding hydrogens is 302 g/mol. The first-order chi connectivity index (χ1) is 11.6. The van der Waals surface area contributed by atoms with Crippen molar-refractivity contribution < 1.29 is 14.6 Å². The van der Waals surface area contributed by atoms with Crippen LogP contribution in [0.5, 0.6) is 0 Å². The summed E-state index contributed by atoms with van der Waals surface area (Å²) in [6.45, 7) is 2.38. The van der Waals surface area contributed by atoms with Crippen LogP contribution in [0.25, 0.3) is 0 Å². The number of aliphatic hydroxyl groups is 1. The number of nitrogens with one attached hydrogen (secondary N) is 1. The van der Waals surface area contributed by atoms with Crippen LogP contribution in [0.3, 0.4) is 0 Å². The average Bonchev–Trinajstić information content (AvgIpc) is 2.59. The van der Waals surface area contributed by atoms with E-state index in [-0.39, 0.29) is 17.9 Å². The predicted octanol–water partition coefficient (Wildman–Crippen LogP) is 3.25. The van der Waals surface area contributed by atoms with E-state index in [0.717, 1.165) is 25.7 Å². The highest BCUT2D eigenvalue weighted by atomic mass is 16.5. The fourth-order valence-electron chi connectivity index (χ4n) is 3.62. The number of rotatable bonds is 8. The second-order valence-electron chi connectivity index (χ2n) is 7.08. The molecule has 2 unspecified atom stereocenters. The lowest BCUT2D eigenvalue weighted by atomic mass is 9.85. The topological polar surface area (TPSA) is 58.6 Å². The van der Waals surface area contributed by atoms with E-state index in [0.29, 0.717) is 31.4 Å². The first-order valence-electron chi connectivity index (χ1n) is 9.11. The predicted molar refractivity (Wildman–Crippen MR) is 95.9 cm³/mol. The van der Waals surface area contributed by atoms with E-state index in [4.69, 9.17) is 4.74 Å². The van der Waals surface area contributed by atoms with Gasteiger partial charge in [-0.1, -0.05) is 30.3 Å². The number of hydrogen-bond donors (Lipinski definition) is 2. The summed E-state index contributed by atoms with van der Waals surface area (Å²) in [4.78, 5) is 12.3. The van der Waals surface area contributed by atoms with E-state index in [9.17, 15) is 9.90 Å². The SMILES string of the molecule is COC1CCC(CC(=O)NCC(CC(C)O)c2ccccc2)CC1. The van der Waals surface area contributed by atoms with Crippen molar-refractivity contribution in [1.82, 2.24) is 5.32 Å². The van der Waals surface area contributed by atoms with E-state index in [1.807, 2.05) is 18.2 Å². The fraction of sp³-hybridized carbons (Fsp3) is 0.650. The molecule has 4 heteroatoms. The quantitative estimate of drug-likeness (QED) is 0.768. The number of amides is 1. The van der Waals surface area contributed by atoms with Gasteiger partial charge in [-0.2, -0.15) is 0 Å². The molecule has 24 heavy (non-hydrogen) atoms. The lowest BCUT2D eigenvalue weighted by Crippen LogP contribution is -2.32. The molecule has 4 nitrogen and oxygen atoms in total. The van der Waals surface area contributed by atoms with Crippen LogP contribution in [0.4, 0.5) is 0 Å². The summed E-state index contributed by atoms with van der Waals surface area (Å²) < 4.78 is 5.39. The number of methoxy groups -OCH3 is 1. The third-order valence-corrected chi connectivity index (χ3v) is 5.04. The summed E-state index contributed by atoms with van der Waals surface area (Å²) >= 11 is 0.